The van der Waals surface area contributed by atoms with E-state index in [-0.39, 0.29) is 23.5 Å². The van der Waals surface area contributed by atoms with Gasteiger partial charge in [0.15, 0.2) is 0 Å². The van der Waals surface area contributed by atoms with Crippen molar-refractivity contribution in [3.8, 4) is 0 Å². The van der Waals surface area contributed by atoms with Crippen LogP contribution in [0.15, 0.2) is 42.5 Å². The highest BCUT2D eigenvalue weighted by molar-refractivity contribution is 6.35. The van der Waals surface area contributed by atoms with Crippen LogP contribution in [-0.4, -0.2) is 42.0 Å². The summed E-state index contributed by atoms with van der Waals surface area (Å²) in [5.74, 6) is -1.10. The first-order valence-electron chi connectivity index (χ1n) is 13.7. The number of amides is 3. The third-order valence-electron chi connectivity index (χ3n) is 7.63. The number of aryl methyl sites for hydroxylation is 1. The number of alkyl halides is 3. The number of aromatic amines is 1. The highest BCUT2D eigenvalue weighted by atomic mass is 19.4. The van der Waals surface area contributed by atoms with Gasteiger partial charge in [0.25, 0.3) is 17.7 Å². The van der Waals surface area contributed by atoms with Crippen LogP contribution in [0.4, 0.5) is 18.9 Å². The lowest BCUT2D eigenvalue weighted by Crippen LogP contribution is -2.32. The monoisotopic (exact) mass is 580 g/mol. The van der Waals surface area contributed by atoms with Crippen molar-refractivity contribution in [3.05, 3.63) is 87.2 Å². The molecule has 42 heavy (non-hydrogen) atoms. The topological polar surface area (TPSA) is 112 Å². The number of carbonyl (C=O) groups excluding carboxylic acids is 3. The largest absolute Gasteiger partial charge is 0.416 e. The molecule has 3 amide bonds. The zero-order valence-corrected chi connectivity index (χ0v) is 23.4. The minimum Gasteiger partial charge on any atom is -0.376 e. The quantitative estimate of drug-likeness (QED) is 0.275. The Morgan fingerprint density at radius 1 is 1.14 bits per heavy atom. The predicted octanol–water partition coefficient (Wildman–Crippen LogP) is 5.54. The molecule has 11 heteroatoms. The second kappa shape index (κ2) is 11.5. The van der Waals surface area contributed by atoms with Crippen LogP contribution in [0.5, 0.6) is 0 Å². The van der Waals surface area contributed by atoms with E-state index in [0.717, 1.165) is 25.0 Å². The van der Waals surface area contributed by atoms with Crippen LogP contribution in [0.2, 0.25) is 0 Å². The van der Waals surface area contributed by atoms with Gasteiger partial charge >= 0.3 is 6.18 Å². The van der Waals surface area contributed by atoms with Crippen molar-refractivity contribution in [1.29, 1.82) is 0 Å². The minimum absolute atomic E-state index is 0.00761. The molecular formula is C31H31F3N4O4. The molecule has 0 radical (unpaired) electrons. The summed E-state index contributed by atoms with van der Waals surface area (Å²) in [6.45, 7) is 6.30. The van der Waals surface area contributed by atoms with Gasteiger partial charge in [-0.15, -0.1) is 0 Å². The molecule has 0 aliphatic carbocycles. The lowest BCUT2D eigenvalue weighted by Gasteiger charge is -2.16. The zero-order chi connectivity index (χ0) is 30.2. The SMILES string of the molecule is Cc1[nH]c(/C=C2\C(=O)Nc3ccc(C(=O)NC(C)c4cccc(C(F)(F)F)c4)cc32)c(C)c1C(=O)NCC1CCCO1. The van der Waals surface area contributed by atoms with E-state index in [1.54, 1.807) is 39.0 Å². The van der Waals surface area contributed by atoms with Gasteiger partial charge in [0.2, 0.25) is 0 Å². The van der Waals surface area contributed by atoms with Crippen molar-refractivity contribution in [2.24, 2.45) is 0 Å². The first-order chi connectivity index (χ1) is 19.9. The van der Waals surface area contributed by atoms with Crippen molar-refractivity contribution in [2.75, 3.05) is 18.5 Å². The molecule has 0 bridgehead atoms. The summed E-state index contributed by atoms with van der Waals surface area (Å²) in [7, 11) is 0. The van der Waals surface area contributed by atoms with Gasteiger partial charge in [-0.25, -0.2) is 0 Å². The number of aromatic nitrogens is 1. The summed E-state index contributed by atoms with van der Waals surface area (Å²) in [6, 6.07) is 8.81. The van der Waals surface area contributed by atoms with E-state index in [1.165, 1.54) is 18.2 Å². The number of nitrogens with one attached hydrogen (secondary N) is 4. The molecule has 5 rings (SSSR count). The van der Waals surface area contributed by atoms with Crippen LogP contribution in [0.25, 0.3) is 11.6 Å². The Balaban J connectivity index is 1.36. The minimum atomic E-state index is -4.49. The number of hydrogen-bond acceptors (Lipinski definition) is 4. The molecule has 1 fully saturated rings. The molecule has 0 saturated carbocycles. The number of ether oxygens (including phenoxy) is 1. The number of anilines is 1. The third-order valence-corrected chi connectivity index (χ3v) is 7.63. The average molecular weight is 581 g/mol. The van der Waals surface area contributed by atoms with Gasteiger partial charge in [0.05, 0.1) is 28.8 Å². The second-order valence-corrected chi connectivity index (χ2v) is 10.6. The molecule has 2 aliphatic rings. The third kappa shape index (κ3) is 5.96. The fraction of sp³-hybridized carbons (Fsp3) is 0.323. The lowest BCUT2D eigenvalue weighted by molar-refractivity contribution is -0.137. The summed E-state index contributed by atoms with van der Waals surface area (Å²) < 4.78 is 45.0. The maximum absolute atomic E-state index is 13.1. The molecule has 3 aromatic rings. The Morgan fingerprint density at radius 3 is 2.64 bits per heavy atom. The van der Waals surface area contributed by atoms with Crippen LogP contribution in [0.3, 0.4) is 0 Å². The molecule has 4 N–H and O–H groups in total. The Labute approximate surface area is 240 Å². The van der Waals surface area contributed by atoms with Crippen molar-refractivity contribution in [1.82, 2.24) is 15.6 Å². The fourth-order valence-corrected chi connectivity index (χ4v) is 5.32. The first kappa shape index (κ1) is 29.1. The number of benzene rings is 2. The van der Waals surface area contributed by atoms with Crippen LogP contribution in [-0.2, 0) is 15.7 Å². The van der Waals surface area contributed by atoms with Crippen LogP contribution < -0.4 is 16.0 Å². The zero-order valence-electron chi connectivity index (χ0n) is 23.4. The fourth-order valence-electron chi connectivity index (χ4n) is 5.32. The van der Waals surface area contributed by atoms with E-state index >= 15 is 0 Å². The number of fused-ring (bicyclic) bond motifs is 1. The van der Waals surface area contributed by atoms with E-state index in [0.29, 0.717) is 58.1 Å². The van der Waals surface area contributed by atoms with E-state index in [2.05, 4.69) is 20.9 Å². The Morgan fingerprint density at radius 2 is 1.93 bits per heavy atom. The summed E-state index contributed by atoms with van der Waals surface area (Å²) in [4.78, 5) is 42.1. The van der Waals surface area contributed by atoms with Gasteiger partial charge in [0, 0.05) is 41.4 Å². The number of carbonyl (C=O) groups is 3. The smallest absolute Gasteiger partial charge is 0.376 e. The second-order valence-electron chi connectivity index (χ2n) is 10.6. The van der Waals surface area contributed by atoms with Gasteiger partial charge < -0.3 is 25.7 Å². The molecule has 220 valence electrons. The summed E-state index contributed by atoms with van der Waals surface area (Å²) >= 11 is 0. The highest BCUT2D eigenvalue weighted by Crippen LogP contribution is 2.35. The van der Waals surface area contributed by atoms with Crippen molar-refractivity contribution in [3.63, 3.8) is 0 Å². The number of hydrogen-bond donors (Lipinski definition) is 4. The summed E-state index contributed by atoms with van der Waals surface area (Å²) in [6.07, 6.45) is -0.961. The van der Waals surface area contributed by atoms with Gasteiger partial charge in [-0.1, -0.05) is 12.1 Å². The molecule has 2 atom stereocenters. The Hall–Kier alpha value is -4.38. The normalized spacial score (nSPS) is 18.1. The molecular weight excluding hydrogens is 549 g/mol. The van der Waals surface area contributed by atoms with E-state index in [9.17, 15) is 27.6 Å². The Kier molecular flexibility index (Phi) is 7.96. The molecule has 2 unspecified atom stereocenters. The van der Waals surface area contributed by atoms with E-state index in [1.807, 2.05) is 0 Å². The molecule has 8 nitrogen and oxygen atoms in total. The van der Waals surface area contributed by atoms with Crippen LogP contribution >= 0.6 is 0 Å². The highest BCUT2D eigenvalue weighted by Gasteiger charge is 2.31. The van der Waals surface area contributed by atoms with Crippen molar-refractivity contribution < 1.29 is 32.3 Å². The Bertz CT molecular complexity index is 1590. The van der Waals surface area contributed by atoms with Gasteiger partial charge in [-0.2, -0.15) is 13.2 Å². The summed E-state index contributed by atoms with van der Waals surface area (Å²) in [5.41, 5.74) is 3.48. The molecule has 2 aliphatic heterocycles. The standard InChI is InChI=1S/C31H31F3N4O4/c1-16-26(36-18(3)27(16)30(41)35-15-22-8-5-11-42-22)14-24-23-13-20(9-10-25(23)38-29(24)40)28(39)37-17(2)19-6-4-7-21(12-19)31(32,33)34/h4,6-7,9-10,12-14,17,22,36H,5,8,11,15H2,1-3H3,(H,35,41)(H,37,39)(H,38,40)/b24-14-. The van der Waals surface area contributed by atoms with Crippen molar-refractivity contribution in [2.45, 2.75) is 51.9 Å². The maximum Gasteiger partial charge on any atom is 0.416 e. The predicted molar refractivity (Wildman–Crippen MR) is 152 cm³/mol. The molecule has 1 saturated heterocycles. The molecule has 0 spiro atoms. The van der Waals surface area contributed by atoms with Crippen LogP contribution in [0, 0.1) is 13.8 Å². The van der Waals surface area contributed by atoms with Gasteiger partial charge in [-0.05, 0) is 81.1 Å². The van der Waals surface area contributed by atoms with Crippen molar-refractivity contribution >= 4 is 35.1 Å². The molecule has 1 aromatic heterocycles. The van der Waals surface area contributed by atoms with Gasteiger partial charge in [-0.3, -0.25) is 14.4 Å². The first-order valence-corrected chi connectivity index (χ1v) is 13.7. The van der Waals surface area contributed by atoms with E-state index in [4.69, 9.17) is 4.74 Å². The maximum atomic E-state index is 13.1. The average Bonchev–Trinajstić information content (AvgIpc) is 3.65. The van der Waals surface area contributed by atoms with Gasteiger partial charge in [0.1, 0.15) is 0 Å². The number of H-pyrrole nitrogens is 1. The number of rotatable bonds is 7. The van der Waals surface area contributed by atoms with E-state index < -0.39 is 23.7 Å². The molecule has 2 aromatic carbocycles. The summed E-state index contributed by atoms with van der Waals surface area (Å²) in [5, 5.41) is 8.44. The lowest BCUT2D eigenvalue weighted by atomic mass is 10.0. The number of halogens is 3. The molecule has 3 heterocycles. The van der Waals surface area contributed by atoms with Crippen LogP contribution in [0.1, 0.15) is 80.2 Å².